The second-order valence-corrected chi connectivity index (χ2v) is 5.06. The Hall–Kier alpha value is -0.410. The quantitative estimate of drug-likeness (QED) is 0.829. The third-order valence-electron chi connectivity index (χ3n) is 3.14. The van der Waals surface area contributed by atoms with Crippen LogP contribution in [0.15, 0.2) is 6.07 Å². The van der Waals surface area contributed by atoms with Crippen LogP contribution in [0.1, 0.15) is 35.8 Å². The van der Waals surface area contributed by atoms with Crippen LogP contribution < -0.4 is 5.32 Å². The number of nitrogens with zero attached hydrogens (tertiary/aromatic N) is 1. The molecule has 0 spiro atoms. The first-order chi connectivity index (χ1) is 6.81. The Morgan fingerprint density at radius 1 is 1.57 bits per heavy atom. The maximum absolute atomic E-state index is 4.38. The predicted molar refractivity (Wildman–Crippen MR) is 60.9 cm³/mol. The molecule has 1 aromatic heterocycles. The second kappa shape index (κ2) is 4.41. The van der Waals surface area contributed by atoms with E-state index >= 15 is 0 Å². The van der Waals surface area contributed by atoms with Crippen molar-refractivity contribution in [3.8, 4) is 0 Å². The van der Waals surface area contributed by atoms with Gasteiger partial charge < -0.3 is 5.32 Å². The molecule has 1 aliphatic rings. The fraction of sp³-hybridized carbons (Fsp3) is 0.727. The molecule has 1 aliphatic carbocycles. The zero-order valence-electron chi connectivity index (χ0n) is 8.92. The van der Waals surface area contributed by atoms with Crippen LogP contribution in [-0.2, 0) is 0 Å². The van der Waals surface area contributed by atoms with Gasteiger partial charge in [-0.1, -0.05) is 6.42 Å². The minimum atomic E-state index is 0.772. The van der Waals surface area contributed by atoms with E-state index in [1.165, 1.54) is 29.8 Å². The molecule has 2 rings (SSSR count). The number of nitrogens with one attached hydrogen (secondary N) is 1. The van der Waals surface area contributed by atoms with Crippen molar-refractivity contribution >= 4 is 11.5 Å². The summed E-state index contributed by atoms with van der Waals surface area (Å²) < 4.78 is 4.38. The van der Waals surface area contributed by atoms with Gasteiger partial charge in [-0.05, 0) is 62.8 Å². The maximum Gasteiger partial charge on any atom is 0.0514 e. The lowest BCUT2D eigenvalue weighted by molar-refractivity contribution is 0.467. The largest absolute Gasteiger partial charge is 0.319 e. The molecule has 14 heavy (non-hydrogen) atoms. The predicted octanol–water partition coefficient (Wildman–Crippen LogP) is 2.55. The lowest BCUT2D eigenvalue weighted by Crippen LogP contribution is -2.20. The van der Waals surface area contributed by atoms with Gasteiger partial charge in [0.15, 0.2) is 0 Å². The Labute approximate surface area is 89.9 Å². The van der Waals surface area contributed by atoms with Gasteiger partial charge in [-0.15, -0.1) is 0 Å². The first kappa shape index (κ1) is 10.1. The molecular formula is C11H18N2S. The summed E-state index contributed by atoms with van der Waals surface area (Å²) in [5.41, 5.74) is 1.18. The third-order valence-corrected chi connectivity index (χ3v) is 4.15. The van der Waals surface area contributed by atoms with Crippen LogP contribution in [0, 0.1) is 12.8 Å². The molecule has 1 N–H and O–H groups in total. The molecule has 3 heteroatoms. The minimum Gasteiger partial charge on any atom is -0.319 e. The van der Waals surface area contributed by atoms with Gasteiger partial charge in [0.05, 0.1) is 5.69 Å². The van der Waals surface area contributed by atoms with Crippen molar-refractivity contribution in [2.24, 2.45) is 5.92 Å². The van der Waals surface area contributed by atoms with E-state index in [1.54, 1.807) is 11.5 Å². The summed E-state index contributed by atoms with van der Waals surface area (Å²) in [6.45, 7) is 3.24. The third kappa shape index (κ3) is 1.98. The summed E-state index contributed by atoms with van der Waals surface area (Å²) in [4.78, 5) is 1.50. The van der Waals surface area contributed by atoms with Crippen LogP contribution in [0.4, 0.5) is 0 Å². The van der Waals surface area contributed by atoms with Crippen LogP contribution >= 0.6 is 11.5 Å². The van der Waals surface area contributed by atoms with Crippen molar-refractivity contribution in [1.82, 2.24) is 9.69 Å². The summed E-state index contributed by atoms with van der Waals surface area (Å²) in [6.07, 6.45) is 4.12. The molecular weight excluding hydrogens is 192 g/mol. The van der Waals surface area contributed by atoms with E-state index in [0.29, 0.717) is 0 Å². The molecule has 1 aromatic rings. The van der Waals surface area contributed by atoms with E-state index in [-0.39, 0.29) is 0 Å². The van der Waals surface area contributed by atoms with E-state index < -0.39 is 0 Å². The van der Waals surface area contributed by atoms with Gasteiger partial charge in [0.2, 0.25) is 0 Å². The molecule has 2 nitrogen and oxygen atoms in total. The molecule has 78 valence electrons. The Balaban J connectivity index is 2.09. The van der Waals surface area contributed by atoms with Gasteiger partial charge >= 0.3 is 0 Å². The Kier molecular flexibility index (Phi) is 3.19. The van der Waals surface area contributed by atoms with E-state index in [4.69, 9.17) is 0 Å². The zero-order valence-corrected chi connectivity index (χ0v) is 9.73. The smallest absolute Gasteiger partial charge is 0.0514 e. The molecule has 0 aliphatic heterocycles. The van der Waals surface area contributed by atoms with E-state index in [9.17, 15) is 0 Å². The number of hydrogen-bond acceptors (Lipinski definition) is 3. The van der Waals surface area contributed by atoms with Crippen LogP contribution in [0.2, 0.25) is 0 Å². The summed E-state index contributed by atoms with van der Waals surface area (Å²) in [6, 6.07) is 2.27. The monoisotopic (exact) mass is 210 g/mol. The van der Waals surface area contributed by atoms with Crippen LogP contribution in [0.3, 0.4) is 0 Å². The first-order valence-corrected chi connectivity index (χ1v) is 6.16. The first-order valence-electron chi connectivity index (χ1n) is 5.39. The fourth-order valence-corrected chi connectivity index (χ4v) is 3.45. The molecule has 1 heterocycles. The van der Waals surface area contributed by atoms with E-state index in [2.05, 4.69) is 22.7 Å². The highest BCUT2D eigenvalue weighted by molar-refractivity contribution is 7.05. The van der Waals surface area contributed by atoms with E-state index in [0.717, 1.165) is 18.4 Å². The second-order valence-electron chi connectivity index (χ2n) is 4.23. The molecule has 0 saturated heterocycles. The Morgan fingerprint density at radius 3 is 3.07 bits per heavy atom. The van der Waals surface area contributed by atoms with Crippen molar-refractivity contribution in [3.05, 3.63) is 16.6 Å². The van der Waals surface area contributed by atoms with Gasteiger partial charge in [-0.3, -0.25) is 0 Å². The van der Waals surface area contributed by atoms with Crippen LogP contribution in [0.25, 0.3) is 0 Å². The molecule has 2 atom stereocenters. The van der Waals surface area contributed by atoms with Gasteiger partial charge in [-0.25, -0.2) is 0 Å². The summed E-state index contributed by atoms with van der Waals surface area (Å²) >= 11 is 1.70. The van der Waals surface area contributed by atoms with Crippen molar-refractivity contribution in [3.63, 3.8) is 0 Å². The lowest BCUT2D eigenvalue weighted by Gasteiger charge is -2.17. The Bertz CT molecular complexity index is 295. The average Bonchev–Trinajstić information content (AvgIpc) is 2.74. The standard InChI is InChI=1S/C11H18N2S/c1-8-6-11(14-13-8)10-5-3-4-9(10)7-12-2/h6,9-10,12H,3-5,7H2,1-2H3. The number of hydrogen-bond donors (Lipinski definition) is 1. The number of aryl methyl sites for hydroxylation is 1. The molecule has 2 unspecified atom stereocenters. The molecule has 0 aromatic carbocycles. The van der Waals surface area contributed by atoms with Crippen LogP contribution in [0.5, 0.6) is 0 Å². The molecule has 0 bridgehead atoms. The van der Waals surface area contributed by atoms with Gasteiger partial charge in [0.25, 0.3) is 0 Å². The summed E-state index contributed by atoms with van der Waals surface area (Å²) in [5, 5.41) is 3.30. The Morgan fingerprint density at radius 2 is 2.43 bits per heavy atom. The lowest BCUT2D eigenvalue weighted by atomic mass is 9.94. The SMILES string of the molecule is CNCC1CCCC1c1cc(C)ns1. The highest BCUT2D eigenvalue weighted by Crippen LogP contribution is 2.40. The van der Waals surface area contributed by atoms with Crippen LogP contribution in [-0.4, -0.2) is 18.0 Å². The van der Waals surface area contributed by atoms with Crippen molar-refractivity contribution in [2.45, 2.75) is 32.1 Å². The van der Waals surface area contributed by atoms with E-state index in [1.807, 2.05) is 7.05 Å². The molecule has 1 fully saturated rings. The molecule has 1 saturated carbocycles. The zero-order chi connectivity index (χ0) is 9.97. The van der Waals surface area contributed by atoms with Gasteiger partial charge in [-0.2, -0.15) is 4.37 Å². The van der Waals surface area contributed by atoms with Crippen molar-refractivity contribution in [1.29, 1.82) is 0 Å². The summed E-state index contributed by atoms with van der Waals surface area (Å²) in [7, 11) is 2.05. The average molecular weight is 210 g/mol. The van der Waals surface area contributed by atoms with Crippen molar-refractivity contribution < 1.29 is 0 Å². The molecule has 0 radical (unpaired) electrons. The number of aromatic nitrogens is 1. The summed E-state index contributed by atoms with van der Waals surface area (Å²) in [5.74, 6) is 1.61. The van der Waals surface area contributed by atoms with Gasteiger partial charge in [0.1, 0.15) is 0 Å². The van der Waals surface area contributed by atoms with Crippen molar-refractivity contribution in [2.75, 3.05) is 13.6 Å². The normalized spacial score (nSPS) is 27.0. The van der Waals surface area contributed by atoms with Gasteiger partial charge in [0, 0.05) is 4.88 Å². The fourth-order valence-electron chi connectivity index (χ4n) is 2.48. The number of rotatable bonds is 3. The maximum atomic E-state index is 4.38. The highest BCUT2D eigenvalue weighted by atomic mass is 32.1. The minimum absolute atomic E-state index is 0.772. The molecule has 0 amide bonds. The highest BCUT2D eigenvalue weighted by Gasteiger charge is 2.29. The topological polar surface area (TPSA) is 24.9 Å².